The Kier molecular flexibility index (Phi) is 4.41. The number of carbonyl (C=O) groups excluding carboxylic acids is 1. The van der Waals surface area contributed by atoms with Crippen LogP contribution in [0.1, 0.15) is 42.7 Å². The van der Waals surface area contributed by atoms with E-state index in [0.29, 0.717) is 23.7 Å². The predicted molar refractivity (Wildman–Crippen MR) is 79.0 cm³/mol. The van der Waals surface area contributed by atoms with E-state index >= 15 is 0 Å². The molecule has 3 N–H and O–H groups in total. The van der Waals surface area contributed by atoms with Crippen molar-refractivity contribution in [3.8, 4) is 11.8 Å². The third-order valence-corrected chi connectivity index (χ3v) is 4.07. The van der Waals surface area contributed by atoms with Gasteiger partial charge in [0.1, 0.15) is 5.69 Å². The van der Waals surface area contributed by atoms with Gasteiger partial charge in [-0.3, -0.25) is 4.79 Å². The van der Waals surface area contributed by atoms with E-state index in [-0.39, 0.29) is 17.9 Å². The summed E-state index contributed by atoms with van der Waals surface area (Å²) in [5, 5.41) is 3.00. The molecule has 4 nitrogen and oxygen atoms in total. The highest BCUT2D eigenvalue weighted by atomic mass is 16.1. The van der Waals surface area contributed by atoms with Gasteiger partial charge in [0.2, 0.25) is 0 Å². The van der Waals surface area contributed by atoms with Crippen LogP contribution >= 0.6 is 0 Å². The van der Waals surface area contributed by atoms with Gasteiger partial charge in [-0.2, -0.15) is 0 Å². The molecule has 1 aromatic rings. The molecular formula is C16H21N3O. The summed E-state index contributed by atoms with van der Waals surface area (Å²) < 4.78 is 0. The zero-order valence-corrected chi connectivity index (χ0v) is 12.1. The number of aromatic nitrogens is 1. The number of carbonyl (C=O) groups is 1. The summed E-state index contributed by atoms with van der Waals surface area (Å²) in [4.78, 5) is 16.4. The Balaban J connectivity index is 2.06. The second kappa shape index (κ2) is 6.06. The van der Waals surface area contributed by atoms with Gasteiger partial charge in [0.05, 0.1) is 12.1 Å². The fourth-order valence-corrected chi connectivity index (χ4v) is 2.29. The zero-order valence-electron chi connectivity index (χ0n) is 12.1. The number of rotatable bonds is 4. The average Bonchev–Trinajstić information content (AvgIpc) is 3.24. The summed E-state index contributed by atoms with van der Waals surface area (Å²) in [5.74, 6) is 6.08. The molecule has 0 saturated heterocycles. The smallest absolute Gasteiger partial charge is 0.271 e. The molecule has 1 saturated carbocycles. The van der Waals surface area contributed by atoms with Crippen LogP contribution in [0.2, 0.25) is 0 Å². The third kappa shape index (κ3) is 3.17. The van der Waals surface area contributed by atoms with Crippen molar-refractivity contribution in [3.05, 3.63) is 29.6 Å². The standard InChI is InChI=1S/C16H21N3O/c1-12(2)16(7-8-16)11-19-15(20)14-13(5-3-9-17)6-4-10-18-14/h4,6,10,12H,7-9,11,17H2,1-2H3,(H,19,20). The molecule has 0 spiro atoms. The Morgan fingerprint density at radius 1 is 1.55 bits per heavy atom. The Bertz CT molecular complexity index is 550. The first kappa shape index (κ1) is 14.5. The van der Waals surface area contributed by atoms with E-state index in [0.717, 1.165) is 0 Å². The van der Waals surface area contributed by atoms with Crippen LogP contribution in [0.5, 0.6) is 0 Å². The van der Waals surface area contributed by atoms with E-state index in [4.69, 9.17) is 5.73 Å². The molecule has 20 heavy (non-hydrogen) atoms. The van der Waals surface area contributed by atoms with Crippen LogP contribution in [-0.2, 0) is 0 Å². The lowest BCUT2D eigenvalue weighted by atomic mass is 9.92. The highest BCUT2D eigenvalue weighted by Gasteiger charge is 2.45. The van der Waals surface area contributed by atoms with Crippen molar-refractivity contribution < 1.29 is 4.79 Å². The SMILES string of the molecule is CC(C)C1(CNC(=O)c2ncccc2C#CCN)CC1. The van der Waals surface area contributed by atoms with E-state index in [2.05, 4.69) is 36.0 Å². The van der Waals surface area contributed by atoms with Crippen molar-refractivity contribution in [2.45, 2.75) is 26.7 Å². The van der Waals surface area contributed by atoms with Crippen LogP contribution < -0.4 is 11.1 Å². The molecule has 1 amide bonds. The number of nitrogens with two attached hydrogens (primary N) is 1. The molecule has 1 aliphatic carbocycles. The van der Waals surface area contributed by atoms with Gasteiger partial charge in [0.25, 0.3) is 5.91 Å². The van der Waals surface area contributed by atoms with E-state index in [9.17, 15) is 4.79 Å². The Labute approximate surface area is 120 Å². The molecule has 0 unspecified atom stereocenters. The van der Waals surface area contributed by atoms with E-state index < -0.39 is 0 Å². The van der Waals surface area contributed by atoms with Crippen molar-refractivity contribution in [2.24, 2.45) is 17.1 Å². The van der Waals surface area contributed by atoms with Crippen LogP contribution in [0, 0.1) is 23.2 Å². The molecular weight excluding hydrogens is 250 g/mol. The van der Waals surface area contributed by atoms with Gasteiger partial charge < -0.3 is 11.1 Å². The van der Waals surface area contributed by atoms with E-state index in [1.54, 1.807) is 18.3 Å². The Morgan fingerprint density at radius 2 is 2.30 bits per heavy atom. The first-order valence-corrected chi connectivity index (χ1v) is 7.01. The van der Waals surface area contributed by atoms with Gasteiger partial charge >= 0.3 is 0 Å². The molecule has 0 bridgehead atoms. The summed E-state index contributed by atoms with van der Waals surface area (Å²) in [6.45, 7) is 5.40. The zero-order chi connectivity index (χ0) is 14.6. The van der Waals surface area contributed by atoms with Gasteiger partial charge in [-0.25, -0.2) is 4.98 Å². The minimum Gasteiger partial charge on any atom is -0.350 e. The van der Waals surface area contributed by atoms with E-state index in [1.165, 1.54) is 12.8 Å². The van der Waals surface area contributed by atoms with Crippen LogP contribution in [0.25, 0.3) is 0 Å². The lowest BCUT2D eigenvalue weighted by molar-refractivity contribution is 0.0934. The van der Waals surface area contributed by atoms with Crippen molar-refractivity contribution in [1.82, 2.24) is 10.3 Å². The molecule has 1 heterocycles. The molecule has 1 aromatic heterocycles. The maximum atomic E-state index is 12.3. The Morgan fingerprint density at radius 3 is 2.90 bits per heavy atom. The Hall–Kier alpha value is -1.86. The monoisotopic (exact) mass is 271 g/mol. The molecule has 0 radical (unpaired) electrons. The fraction of sp³-hybridized carbons (Fsp3) is 0.500. The molecule has 4 heteroatoms. The maximum absolute atomic E-state index is 12.3. The van der Waals surface area contributed by atoms with Gasteiger partial charge in [0.15, 0.2) is 0 Å². The maximum Gasteiger partial charge on any atom is 0.271 e. The summed E-state index contributed by atoms with van der Waals surface area (Å²) in [5.41, 5.74) is 6.66. The van der Waals surface area contributed by atoms with Crippen molar-refractivity contribution in [3.63, 3.8) is 0 Å². The number of pyridine rings is 1. The van der Waals surface area contributed by atoms with Gasteiger partial charge in [-0.05, 0) is 36.3 Å². The number of amides is 1. The van der Waals surface area contributed by atoms with Gasteiger partial charge in [0, 0.05) is 12.7 Å². The van der Waals surface area contributed by atoms with Crippen LogP contribution in [0.4, 0.5) is 0 Å². The summed E-state index contributed by atoms with van der Waals surface area (Å²) >= 11 is 0. The van der Waals surface area contributed by atoms with Crippen molar-refractivity contribution in [2.75, 3.05) is 13.1 Å². The first-order chi connectivity index (χ1) is 9.59. The minimum absolute atomic E-state index is 0.154. The average molecular weight is 271 g/mol. The lowest BCUT2D eigenvalue weighted by Crippen LogP contribution is -2.33. The topological polar surface area (TPSA) is 68.0 Å². The number of nitrogens with one attached hydrogen (secondary N) is 1. The van der Waals surface area contributed by atoms with Crippen molar-refractivity contribution >= 4 is 5.91 Å². The molecule has 1 fully saturated rings. The molecule has 0 atom stereocenters. The molecule has 1 aliphatic rings. The quantitative estimate of drug-likeness (QED) is 0.817. The summed E-state index contributed by atoms with van der Waals surface area (Å²) in [6, 6.07) is 3.56. The number of hydrogen-bond donors (Lipinski definition) is 2. The minimum atomic E-state index is -0.154. The largest absolute Gasteiger partial charge is 0.350 e. The second-order valence-corrected chi connectivity index (χ2v) is 5.61. The molecule has 106 valence electrons. The highest BCUT2D eigenvalue weighted by Crippen LogP contribution is 2.51. The first-order valence-electron chi connectivity index (χ1n) is 7.01. The van der Waals surface area contributed by atoms with Crippen LogP contribution in [-0.4, -0.2) is 24.0 Å². The number of nitrogens with zero attached hydrogens (tertiary/aromatic N) is 1. The predicted octanol–water partition coefficient (Wildman–Crippen LogP) is 1.56. The number of hydrogen-bond acceptors (Lipinski definition) is 3. The summed E-state index contributed by atoms with van der Waals surface area (Å²) in [7, 11) is 0. The van der Waals surface area contributed by atoms with Crippen molar-refractivity contribution in [1.29, 1.82) is 0 Å². The lowest BCUT2D eigenvalue weighted by Gasteiger charge is -2.19. The fourth-order valence-electron chi connectivity index (χ4n) is 2.29. The normalized spacial score (nSPS) is 15.4. The highest BCUT2D eigenvalue weighted by molar-refractivity contribution is 5.94. The van der Waals surface area contributed by atoms with Crippen LogP contribution in [0.15, 0.2) is 18.3 Å². The van der Waals surface area contributed by atoms with E-state index in [1.807, 2.05) is 0 Å². The summed E-state index contributed by atoms with van der Waals surface area (Å²) in [6.07, 6.45) is 3.98. The molecule has 2 rings (SSSR count). The van der Waals surface area contributed by atoms with Crippen LogP contribution in [0.3, 0.4) is 0 Å². The van der Waals surface area contributed by atoms with Gasteiger partial charge in [-0.1, -0.05) is 25.7 Å². The van der Waals surface area contributed by atoms with Gasteiger partial charge in [-0.15, -0.1) is 0 Å². The third-order valence-electron chi connectivity index (χ3n) is 4.07. The molecule has 0 aromatic carbocycles. The second-order valence-electron chi connectivity index (χ2n) is 5.61. The molecule has 0 aliphatic heterocycles.